The average molecular weight is 448 g/mol. The van der Waals surface area contributed by atoms with Gasteiger partial charge in [0.25, 0.3) is 0 Å². The highest BCUT2D eigenvalue weighted by Gasteiger charge is 2.12. The highest BCUT2D eigenvalue weighted by atomic mass is 14.9. The van der Waals surface area contributed by atoms with Crippen LogP contribution in [0.25, 0.3) is 44.2 Å². The van der Waals surface area contributed by atoms with E-state index in [9.17, 15) is 0 Å². The standard InChI is InChI=1S/C34H25N/c1-3-10-25(11-4-1)26-18-20-29(21-19-26)35-30-22-23-33(34(24-30)28-12-5-2-6-13-28)32-17-9-15-27-14-7-8-16-31(27)32/h1-24,35H. The van der Waals surface area contributed by atoms with E-state index in [2.05, 4.69) is 145 Å². The van der Waals surface area contributed by atoms with Crippen molar-refractivity contribution < 1.29 is 0 Å². The number of hydrogen-bond acceptors (Lipinski definition) is 1. The first-order chi connectivity index (χ1) is 17.3. The third-order valence-corrected chi connectivity index (χ3v) is 6.46. The zero-order valence-corrected chi connectivity index (χ0v) is 19.4. The summed E-state index contributed by atoms with van der Waals surface area (Å²) >= 11 is 0. The Morgan fingerprint density at radius 3 is 1.71 bits per heavy atom. The van der Waals surface area contributed by atoms with Crippen molar-refractivity contribution in [3.05, 3.63) is 146 Å². The lowest BCUT2D eigenvalue weighted by Gasteiger charge is -2.16. The third kappa shape index (κ3) is 4.32. The van der Waals surface area contributed by atoms with Crippen molar-refractivity contribution in [2.24, 2.45) is 0 Å². The lowest BCUT2D eigenvalue weighted by molar-refractivity contribution is 1.53. The van der Waals surface area contributed by atoms with Gasteiger partial charge in [-0.05, 0) is 68.4 Å². The van der Waals surface area contributed by atoms with Gasteiger partial charge in [-0.3, -0.25) is 0 Å². The molecule has 35 heavy (non-hydrogen) atoms. The Morgan fingerprint density at radius 2 is 0.943 bits per heavy atom. The molecule has 0 heterocycles. The minimum atomic E-state index is 1.07. The van der Waals surface area contributed by atoms with Gasteiger partial charge in [0.05, 0.1) is 0 Å². The maximum Gasteiger partial charge on any atom is 0.0390 e. The van der Waals surface area contributed by atoms with Gasteiger partial charge in [0, 0.05) is 11.4 Å². The molecule has 0 fully saturated rings. The molecule has 0 spiro atoms. The SMILES string of the molecule is c1ccc(-c2ccc(Nc3ccc(-c4cccc5ccccc45)c(-c4ccccc4)c3)cc2)cc1. The third-order valence-electron chi connectivity index (χ3n) is 6.46. The first-order valence-corrected chi connectivity index (χ1v) is 12.0. The van der Waals surface area contributed by atoms with Crippen LogP contribution in [0.2, 0.25) is 0 Å². The molecular weight excluding hydrogens is 422 g/mol. The molecule has 166 valence electrons. The molecule has 0 atom stereocenters. The Bertz CT molecular complexity index is 1580. The lowest BCUT2D eigenvalue weighted by Crippen LogP contribution is -1.93. The molecule has 0 aliphatic carbocycles. The first kappa shape index (κ1) is 20.9. The van der Waals surface area contributed by atoms with Gasteiger partial charge in [-0.25, -0.2) is 0 Å². The van der Waals surface area contributed by atoms with Crippen molar-refractivity contribution in [3.8, 4) is 33.4 Å². The van der Waals surface area contributed by atoms with Gasteiger partial charge in [0.15, 0.2) is 0 Å². The summed E-state index contributed by atoms with van der Waals surface area (Å²) in [5.41, 5.74) is 9.49. The molecule has 6 rings (SSSR count). The molecule has 0 aliphatic heterocycles. The second-order valence-corrected chi connectivity index (χ2v) is 8.72. The summed E-state index contributed by atoms with van der Waals surface area (Å²) in [6.07, 6.45) is 0. The molecule has 0 bridgehead atoms. The van der Waals surface area contributed by atoms with Gasteiger partial charge in [0.1, 0.15) is 0 Å². The molecule has 1 heteroatoms. The van der Waals surface area contributed by atoms with E-state index in [0.29, 0.717) is 0 Å². The summed E-state index contributed by atoms with van der Waals surface area (Å²) in [5.74, 6) is 0. The topological polar surface area (TPSA) is 12.0 Å². The molecule has 6 aromatic carbocycles. The Hall–Kier alpha value is -4.62. The van der Waals surface area contributed by atoms with Gasteiger partial charge >= 0.3 is 0 Å². The van der Waals surface area contributed by atoms with E-state index in [1.807, 2.05) is 6.07 Å². The van der Waals surface area contributed by atoms with Crippen molar-refractivity contribution in [1.29, 1.82) is 0 Å². The molecule has 0 saturated carbocycles. The maximum absolute atomic E-state index is 3.61. The smallest absolute Gasteiger partial charge is 0.0390 e. The molecule has 0 aromatic heterocycles. The fourth-order valence-corrected chi connectivity index (χ4v) is 4.72. The van der Waals surface area contributed by atoms with Crippen LogP contribution in [0.15, 0.2) is 146 Å². The van der Waals surface area contributed by atoms with Gasteiger partial charge in [0.2, 0.25) is 0 Å². The van der Waals surface area contributed by atoms with E-state index in [-0.39, 0.29) is 0 Å². The van der Waals surface area contributed by atoms with Crippen LogP contribution >= 0.6 is 0 Å². The molecule has 1 nitrogen and oxygen atoms in total. The summed E-state index contributed by atoms with van der Waals surface area (Å²) in [7, 11) is 0. The fourth-order valence-electron chi connectivity index (χ4n) is 4.72. The number of benzene rings is 6. The van der Waals surface area contributed by atoms with E-state index in [1.54, 1.807) is 0 Å². The van der Waals surface area contributed by atoms with Crippen molar-refractivity contribution >= 4 is 22.1 Å². The predicted octanol–water partition coefficient (Wildman–Crippen LogP) is 9.58. The second-order valence-electron chi connectivity index (χ2n) is 8.72. The number of fused-ring (bicyclic) bond motifs is 1. The zero-order valence-electron chi connectivity index (χ0n) is 19.4. The highest BCUT2D eigenvalue weighted by molar-refractivity contribution is 6.01. The number of rotatable bonds is 5. The monoisotopic (exact) mass is 447 g/mol. The first-order valence-electron chi connectivity index (χ1n) is 12.0. The van der Waals surface area contributed by atoms with Crippen LogP contribution in [-0.2, 0) is 0 Å². The van der Waals surface area contributed by atoms with Gasteiger partial charge < -0.3 is 5.32 Å². The molecule has 0 saturated heterocycles. The van der Waals surface area contributed by atoms with Crippen LogP contribution in [0.3, 0.4) is 0 Å². The molecule has 0 radical (unpaired) electrons. The molecule has 1 N–H and O–H groups in total. The Balaban J connectivity index is 1.40. The van der Waals surface area contributed by atoms with E-state index in [0.717, 1.165) is 11.4 Å². The fraction of sp³-hybridized carbons (Fsp3) is 0. The second kappa shape index (κ2) is 9.32. The maximum atomic E-state index is 3.61. The van der Waals surface area contributed by atoms with E-state index >= 15 is 0 Å². The summed E-state index contributed by atoms with van der Waals surface area (Å²) in [5, 5.41) is 6.13. The Morgan fingerprint density at radius 1 is 0.343 bits per heavy atom. The Kier molecular flexibility index (Phi) is 5.58. The van der Waals surface area contributed by atoms with Crippen LogP contribution in [-0.4, -0.2) is 0 Å². The van der Waals surface area contributed by atoms with Crippen LogP contribution < -0.4 is 5.32 Å². The van der Waals surface area contributed by atoms with Crippen molar-refractivity contribution in [2.45, 2.75) is 0 Å². The van der Waals surface area contributed by atoms with Gasteiger partial charge in [-0.1, -0.05) is 121 Å². The summed E-state index contributed by atoms with van der Waals surface area (Å²) in [6.45, 7) is 0. The van der Waals surface area contributed by atoms with Crippen LogP contribution in [0.5, 0.6) is 0 Å². The lowest BCUT2D eigenvalue weighted by atomic mass is 9.91. The average Bonchev–Trinajstić information content (AvgIpc) is 2.94. The molecule has 6 aromatic rings. The summed E-state index contributed by atoms with van der Waals surface area (Å²) in [4.78, 5) is 0. The minimum Gasteiger partial charge on any atom is -0.356 e. The largest absolute Gasteiger partial charge is 0.356 e. The minimum absolute atomic E-state index is 1.07. The normalized spacial score (nSPS) is 10.9. The zero-order chi connectivity index (χ0) is 23.5. The van der Waals surface area contributed by atoms with Crippen molar-refractivity contribution in [2.75, 3.05) is 5.32 Å². The van der Waals surface area contributed by atoms with Crippen LogP contribution in [0.1, 0.15) is 0 Å². The van der Waals surface area contributed by atoms with Crippen LogP contribution in [0, 0.1) is 0 Å². The van der Waals surface area contributed by atoms with E-state index in [4.69, 9.17) is 0 Å². The summed E-state index contributed by atoms with van der Waals surface area (Å²) in [6, 6.07) is 51.5. The quantitative estimate of drug-likeness (QED) is 0.277. The van der Waals surface area contributed by atoms with Crippen molar-refractivity contribution in [3.63, 3.8) is 0 Å². The number of hydrogen-bond donors (Lipinski definition) is 1. The number of anilines is 2. The highest BCUT2D eigenvalue weighted by Crippen LogP contribution is 2.38. The van der Waals surface area contributed by atoms with Crippen LogP contribution in [0.4, 0.5) is 11.4 Å². The predicted molar refractivity (Wildman–Crippen MR) is 150 cm³/mol. The Labute approximate surface area is 206 Å². The van der Waals surface area contributed by atoms with Gasteiger partial charge in [-0.15, -0.1) is 0 Å². The van der Waals surface area contributed by atoms with Gasteiger partial charge in [-0.2, -0.15) is 0 Å². The molecular formula is C34H25N. The number of nitrogens with one attached hydrogen (secondary N) is 1. The van der Waals surface area contributed by atoms with E-state index in [1.165, 1.54) is 44.2 Å². The molecule has 0 amide bonds. The van der Waals surface area contributed by atoms with Crippen molar-refractivity contribution in [1.82, 2.24) is 0 Å². The molecule has 0 unspecified atom stereocenters. The summed E-state index contributed by atoms with van der Waals surface area (Å²) < 4.78 is 0. The molecule has 0 aliphatic rings. The van der Waals surface area contributed by atoms with E-state index < -0.39 is 0 Å².